The van der Waals surface area contributed by atoms with Crippen LogP contribution in [0.1, 0.15) is 57.9 Å². The highest BCUT2D eigenvalue weighted by Crippen LogP contribution is 2.32. The predicted molar refractivity (Wildman–Crippen MR) is 150 cm³/mol. The summed E-state index contributed by atoms with van der Waals surface area (Å²) in [7, 11) is 0. The van der Waals surface area contributed by atoms with Gasteiger partial charge in [-0.25, -0.2) is 4.79 Å². The highest BCUT2D eigenvalue weighted by Gasteiger charge is 2.19. The summed E-state index contributed by atoms with van der Waals surface area (Å²) in [5.74, 6) is 1.20. The maximum atomic E-state index is 13.3. The van der Waals surface area contributed by atoms with Gasteiger partial charge in [-0.15, -0.1) is 11.3 Å². The van der Waals surface area contributed by atoms with Gasteiger partial charge in [-0.3, -0.25) is 23.5 Å². The van der Waals surface area contributed by atoms with Gasteiger partial charge >= 0.3 is 5.69 Å². The van der Waals surface area contributed by atoms with Crippen molar-refractivity contribution in [1.82, 2.24) is 19.4 Å². The first kappa shape index (κ1) is 28.4. The van der Waals surface area contributed by atoms with Crippen molar-refractivity contribution in [3.8, 4) is 11.5 Å². The number of fused-ring (bicyclic) bond motifs is 2. The van der Waals surface area contributed by atoms with Crippen LogP contribution >= 0.6 is 11.3 Å². The van der Waals surface area contributed by atoms with Crippen LogP contribution in [0, 0.1) is 0 Å². The fourth-order valence-electron chi connectivity index (χ4n) is 4.69. The molecule has 2 amide bonds. The molecule has 1 N–H and O–H groups in total. The minimum atomic E-state index is -0.464. The number of rotatable bonds is 14. The summed E-state index contributed by atoms with van der Waals surface area (Å²) in [4.78, 5) is 53.4. The molecule has 0 saturated carbocycles. The minimum Gasteiger partial charge on any atom is -0.454 e. The van der Waals surface area contributed by atoms with Crippen molar-refractivity contribution in [2.45, 2.75) is 72.0 Å². The molecular weight excluding hydrogens is 520 g/mol. The SMILES string of the molecule is CCCN(CCC)C(=O)Cn1c(=O)n(CCCCCC(=O)NCc2ccc3c(c2)OCO3)c(=O)c2sccc21. The number of amides is 2. The summed E-state index contributed by atoms with van der Waals surface area (Å²) in [5.41, 5.74) is 0.646. The molecule has 11 heteroatoms. The Morgan fingerprint density at radius 2 is 1.77 bits per heavy atom. The Kier molecular flexibility index (Phi) is 9.80. The molecule has 10 nitrogen and oxygen atoms in total. The quantitative estimate of drug-likeness (QED) is 0.304. The molecule has 0 unspecified atom stereocenters. The molecule has 3 heterocycles. The van der Waals surface area contributed by atoms with Crippen molar-refractivity contribution in [3.63, 3.8) is 0 Å². The lowest BCUT2D eigenvalue weighted by atomic mass is 10.1. The number of nitrogens with one attached hydrogen (secondary N) is 1. The van der Waals surface area contributed by atoms with Crippen LogP contribution in [0.3, 0.4) is 0 Å². The van der Waals surface area contributed by atoms with Crippen LogP contribution in [0.4, 0.5) is 0 Å². The number of ether oxygens (including phenoxy) is 2. The highest BCUT2D eigenvalue weighted by molar-refractivity contribution is 7.17. The highest BCUT2D eigenvalue weighted by atomic mass is 32.1. The largest absolute Gasteiger partial charge is 0.454 e. The molecule has 210 valence electrons. The van der Waals surface area contributed by atoms with E-state index in [4.69, 9.17) is 9.47 Å². The number of unbranched alkanes of at least 4 members (excludes halogenated alkanes) is 2. The summed E-state index contributed by atoms with van der Waals surface area (Å²) in [6, 6.07) is 7.31. The van der Waals surface area contributed by atoms with Gasteiger partial charge in [0.05, 0.1) is 5.52 Å². The van der Waals surface area contributed by atoms with Gasteiger partial charge in [0, 0.05) is 32.6 Å². The normalized spacial score (nSPS) is 12.2. The summed E-state index contributed by atoms with van der Waals surface area (Å²) >= 11 is 1.28. The molecule has 4 rings (SSSR count). The van der Waals surface area contributed by atoms with E-state index >= 15 is 0 Å². The lowest BCUT2D eigenvalue weighted by Gasteiger charge is -2.22. The van der Waals surface area contributed by atoms with Gasteiger partial charge in [-0.2, -0.15) is 0 Å². The van der Waals surface area contributed by atoms with Crippen molar-refractivity contribution in [2.75, 3.05) is 19.9 Å². The molecule has 0 spiro atoms. The fraction of sp³-hybridized carbons (Fsp3) is 0.500. The van der Waals surface area contributed by atoms with Gasteiger partial charge < -0.3 is 19.7 Å². The van der Waals surface area contributed by atoms with Crippen LogP contribution in [0.15, 0.2) is 39.2 Å². The average Bonchev–Trinajstić information content (AvgIpc) is 3.61. The van der Waals surface area contributed by atoms with Crippen molar-refractivity contribution in [2.24, 2.45) is 0 Å². The molecule has 3 aromatic rings. The number of hydrogen-bond acceptors (Lipinski definition) is 7. The lowest BCUT2D eigenvalue weighted by Crippen LogP contribution is -2.43. The van der Waals surface area contributed by atoms with Gasteiger partial charge in [-0.1, -0.05) is 26.3 Å². The number of benzene rings is 1. The van der Waals surface area contributed by atoms with E-state index in [0.717, 1.165) is 18.4 Å². The molecule has 1 aromatic carbocycles. The third-order valence-corrected chi connectivity index (χ3v) is 7.57. The Morgan fingerprint density at radius 3 is 2.54 bits per heavy atom. The van der Waals surface area contributed by atoms with Crippen molar-refractivity contribution in [1.29, 1.82) is 0 Å². The minimum absolute atomic E-state index is 0.0607. The Hall–Kier alpha value is -3.60. The molecule has 0 radical (unpaired) electrons. The first-order valence-corrected chi connectivity index (χ1v) is 14.4. The van der Waals surface area contributed by atoms with Gasteiger partial charge in [0.1, 0.15) is 11.2 Å². The molecule has 0 saturated heterocycles. The maximum Gasteiger partial charge on any atom is 0.332 e. The first-order chi connectivity index (χ1) is 18.9. The molecule has 0 fully saturated rings. The number of carbonyl (C=O) groups is 2. The van der Waals surface area contributed by atoms with E-state index < -0.39 is 5.69 Å². The Bertz CT molecular complexity index is 1420. The van der Waals surface area contributed by atoms with Crippen LogP contribution in [0.2, 0.25) is 0 Å². The van der Waals surface area contributed by atoms with E-state index in [9.17, 15) is 19.2 Å². The second-order valence-corrected chi connectivity index (χ2v) is 10.5. The van der Waals surface area contributed by atoms with Crippen LogP contribution < -0.4 is 26.0 Å². The Labute approximate surface area is 231 Å². The van der Waals surface area contributed by atoms with E-state index in [1.165, 1.54) is 20.5 Å². The molecule has 39 heavy (non-hydrogen) atoms. The van der Waals surface area contributed by atoms with E-state index in [1.54, 1.807) is 16.3 Å². The third-order valence-electron chi connectivity index (χ3n) is 6.68. The fourth-order valence-corrected chi connectivity index (χ4v) is 5.53. The van der Waals surface area contributed by atoms with Crippen LogP contribution in [-0.4, -0.2) is 45.7 Å². The van der Waals surface area contributed by atoms with Gasteiger partial charge in [0.2, 0.25) is 18.6 Å². The van der Waals surface area contributed by atoms with Gasteiger partial charge in [-0.05, 0) is 54.8 Å². The zero-order chi connectivity index (χ0) is 27.8. The van der Waals surface area contributed by atoms with Crippen LogP contribution in [0.5, 0.6) is 11.5 Å². The predicted octanol–water partition coefficient (Wildman–Crippen LogP) is 3.48. The molecule has 2 aromatic heterocycles. The topological polar surface area (TPSA) is 112 Å². The number of hydrogen-bond donors (Lipinski definition) is 1. The number of nitrogens with zero attached hydrogens (tertiary/aromatic N) is 3. The monoisotopic (exact) mass is 556 g/mol. The van der Waals surface area contributed by atoms with Crippen molar-refractivity contribution < 1.29 is 19.1 Å². The number of aromatic nitrogens is 2. The second kappa shape index (κ2) is 13.5. The Morgan fingerprint density at radius 1 is 1.00 bits per heavy atom. The van der Waals surface area contributed by atoms with E-state index in [2.05, 4.69) is 5.32 Å². The average molecular weight is 557 g/mol. The standard InChI is InChI=1S/C28H36N4O6S/c1-3-12-30(13-4-2)25(34)18-32-21-11-15-39-26(21)27(35)31(28(32)36)14-7-5-6-8-24(33)29-17-20-9-10-22-23(16-20)38-19-37-22/h9-11,15-16H,3-8,12-14,17-19H2,1-2H3,(H,29,33). The lowest BCUT2D eigenvalue weighted by molar-refractivity contribution is -0.132. The number of thiophene rings is 1. The zero-order valence-electron chi connectivity index (χ0n) is 22.6. The van der Waals surface area contributed by atoms with Crippen LogP contribution in [-0.2, 0) is 29.2 Å². The van der Waals surface area contributed by atoms with Crippen LogP contribution in [0.25, 0.3) is 10.2 Å². The Balaban J connectivity index is 1.31. The van der Waals surface area contributed by atoms with E-state index in [1.807, 2.05) is 32.0 Å². The van der Waals surface area contributed by atoms with Gasteiger partial charge in [0.15, 0.2) is 11.5 Å². The summed E-state index contributed by atoms with van der Waals surface area (Å²) in [6.07, 6.45) is 3.93. The van der Waals surface area contributed by atoms with Crippen molar-refractivity contribution >= 4 is 33.4 Å². The first-order valence-electron chi connectivity index (χ1n) is 13.6. The molecule has 0 atom stereocenters. The molecule has 1 aliphatic rings. The summed E-state index contributed by atoms with van der Waals surface area (Å²) in [5, 5.41) is 4.68. The van der Waals surface area contributed by atoms with Crippen molar-refractivity contribution in [3.05, 3.63) is 56.0 Å². The zero-order valence-corrected chi connectivity index (χ0v) is 23.4. The summed E-state index contributed by atoms with van der Waals surface area (Å²) in [6.45, 7) is 6.07. The number of carbonyl (C=O) groups excluding carboxylic acids is 2. The smallest absolute Gasteiger partial charge is 0.332 e. The maximum absolute atomic E-state index is 13.3. The molecule has 0 aliphatic carbocycles. The second-order valence-electron chi connectivity index (χ2n) is 9.62. The van der Waals surface area contributed by atoms with E-state index in [0.29, 0.717) is 67.0 Å². The molecule has 1 aliphatic heterocycles. The van der Waals surface area contributed by atoms with Gasteiger partial charge in [0.25, 0.3) is 5.56 Å². The summed E-state index contributed by atoms with van der Waals surface area (Å²) < 4.78 is 13.8. The molecular formula is C28H36N4O6S. The van der Waals surface area contributed by atoms with E-state index in [-0.39, 0.29) is 37.3 Å². The molecule has 0 bridgehead atoms. The third kappa shape index (κ3) is 6.89.